The highest BCUT2D eigenvalue weighted by atomic mass is 16.3. The maximum atomic E-state index is 12.4. The van der Waals surface area contributed by atoms with E-state index >= 15 is 0 Å². The van der Waals surface area contributed by atoms with Crippen molar-refractivity contribution < 1.29 is 4.42 Å². The summed E-state index contributed by atoms with van der Waals surface area (Å²) in [4.78, 5) is 31.8. The predicted octanol–water partition coefficient (Wildman–Crippen LogP) is 1.75. The minimum Gasteiger partial charge on any atom is -0.431 e. The van der Waals surface area contributed by atoms with Crippen molar-refractivity contribution in [2.75, 3.05) is 0 Å². The first-order valence-electron chi connectivity index (χ1n) is 6.08. The maximum absolute atomic E-state index is 12.4. The summed E-state index contributed by atoms with van der Waals surface area (Å²) in [6.07, 6.45) is 1.56. The van der Waals surface area contributed by atoms with Crippen molar-refractivity contribution in [3.05, 3.63) is 73.8 Å². The van der Waals surface area contributed by atoms with Crippen LogP contribution in [0.15, 0.2) is 56.6 Å². The smallest absolute Gasteiger partial charge is 0.243 e. The maximum Gasteiger partial charge on any atom is 0.243 e. The number of aromatic amines is 1. The summed E-state index contributed by atoms with van der Waals surface area (Å²) >= 11 is 0. The third kappa shape index (κ3) is 1.34. The van der Waals surface area contributed by atoms with E-state index in [4.69, 9.17) is 4.42 Å². The van der Waals surface area contributed by atoms with Gasteiger partial charge in [0.25, 0.3) is 0 Å². The van der Waals surface area contributed by atoms with Crippen LogP contribution in [0.5, 0.6) is 0 Å². The summed E-state index contributed by atoms with van der Waals surface area (Å²) in [7, 11) is 0. The molecule has 0 spiro atoms. The van der Waals surface area contributed by atoms with Crippen LogP contribution in [0.3, 0.4) is 0 Å². The van der Waals surface area contributed by atoms with E-state index in [9.17, 15) is 9.59 Å². The number of H-pyrrole nitrogens is 1. The quantitative estimate of drug-likeness (QED) is 0.525. The van der Waals surface area contributed by atoms with Gasteiger partial charge in [0.15, 0.2) is 0 Å². The normalized spacial score (nSPS) is 11.4. The fraction of sp³-hybridized carbons (Fsp3) is 0. The number of nitrogens with one attached hydrogen (secondary N) is 1. The molecule has 1 aliphatic heterocycles. The zero-order chi connectivity index (χ0) is 13.7. The van der Waals surface area contributed by atoms with Gasteiger partial charge in [-0.15, -0.1) is 0 Å². The molecule has 2 aliphatic rings. The predicted molar refractivity (Wildman–Crippen MR) is 73.7 cm³/mol. The van der Waals surface area contributed by atoms with E-state index in [-0.39, 0.29) is 21.6 Å². The van der Waals surface area contributed by atoms with Crippen LogP contribution in [0.1, 0.15) is 0 Å². The minimum atomic E-state index is -0.306. The van der Waals surface area contributed by atoms with E-state index in [0.717, 1.165) is 0 Å². The first-order chi connectivity index (χ1) is 9.75. The second-order valence-electron chi connectivity index (χ2n) is 4.49. The molecule has 20 heavy (non-hydrogen) atoms. The van der Waals surface area contributed by atoms with Gasteiger partial charge in [0.1, 0.15) is 10.9 Å². The number of hydrogen-bond acceptors (Lipinski definition) is 4. The van der Waals surface area contributed by atoms with Gasteiger partial charge in [-0.05, 0) is 12.1 Å². The van der Waals surface area contributed by atoms with Crippen LogP contribution >= 0.6 is 0 Å². The molecule has 0 bridgehead atoms. The molecular weight excluding hydrogens is 256 g/mol. The number of nitrogens with zero attached hydrogens (tertiary/aromatic N) is 1. The van der Waals surface area contributed by atoms with Gasteiger partial charge in [0, 0.05) is 17.0 Å². The third-order valence-corrected chi connectivity index (χ3v) is 3.31. The monoisotopic (exact) mass is 264 g/mol. The Labute approximate surface area is 111 Å². The second kappa shape index (κ2) is 3.77. The fourth-order valence-electron chi connectivity index (χ4n) is 2.36. The summed E-state index contributed by atoms with van der Waals surface area (Å²) in [6.45, 7) is 0. The molecule has 0 unspecified atom stereocenters. The highest BCUT2D eigenvalue weighted by molar-refractivity contribution is 5.82. The molecule has 4 rings (SSSR count). The molecule has 0 atom stereocenters. The van der Waals surface area contributed by atoms with Crippen LogP contribution in [0.2, 0.25) is 0 Å². The van der Waals surface area contributed by atoms with Gasteiger partial charge in [-0.25, -0.2) is 4.98 Å². The zero-order valence-electron chi connectivity index (χ0n) is 10.2. The Kier molecular flexibility index (Phi) is 2.06. The second-order valence-corrected chi connectivity index (χ2v) is 4.49. The van der Waals surface area contributed by atoms with E-state index in [1.54, 1.807) is 42.6 Å². The summed E-state index contributed by atoms with van der Waals surface area (Å²) in [5, 5.41) is 0.923. The molecular formula is C15H8N2O3. The van der Waals surface area contributed by atoms with Crippen LogP contribution in [-0.2, 0) is 0 Å². The van der Waals surface area contributed by atoms with Gasteiger partial charge >= 0.3 is 0 Å². The molecule has 5 nitrogen and oxygen atoms in total. The zero-order valence-corrected chi connectivity index (χ0v) is 10.2. The minimum absolute atomic E-state index is 0.0138. The van der Waals surface area contributed by atoms with Gasteiger partial charge in [-0.1, -0.05) is 24.3 Å². The van der Waals surface area contributed by atoms with Crippen molar-refractivity contribution in [2.45, 2.75) is 0 Å². The van der Waals surface area contributed by atoms with Gasteiger partial charge < -0.3 is 9.40 Å². The fourth-order valence-corrected chi connectivity index (χ4v) is 2.36. The average Bonchev–Trinajstić information content (AvgIpc) is 2.51. The molecule has 0 saturated heterocycles. The number of fused-ring (bicyclic) bond motifs is 2. The Balaban J connectivity index is 2.45. The van der Waals surface area contributed by atoms with Gasteiger partial charge in [0.05, 0.1) is 0 Å². The number of pyridine rings is 1. The van der Waals surface area contributed by atoms with E-state index in [1.165, 1.54) is 0 Å². The molecule has 1 aliphatic carbocycles. The molecule has 0 saturated carbocycles. The lowest BCUT2D eigenvalue weighted by Crippen LogP contribution is -2.16. The summed E-state index contributed by atoms with van der Waals surface area (Å²) in [5.41, 5.74) is 0.335. The van der Waals surface area contributed by atoms with Crippen molar-refractivity contribution >= 4 is 22.0 Å². The topological polar surface area (TPSA) is 76.0 Å². The molecule has 0 amide bonds. The van der Waals surface area contributed by atoms with Crippen LogP contribution < -0.4 is 10.9 Å². The van der Waals surface area contributed by atoms with Crippen LogP contribution in [0.25, 0.3) is 22.0 Å². The largest absolute Gasteiger partial charge is 0.431 e. The lowest BCUT2D eigenvalue weighted by molar-refractivity contribution is 0.545. The summed E-state index contributed by atoms with van der Waals surface area (Å²) in [5.74, 6) is 0. The molecule has 96 valence electrons. The Hall–Kier alpha value is -2.95. The van der Waals surface area contributed by atoms with E-state index in [0.29, 0.717) is 22.0 Å². The standard InChI is InChI=1S/C15H8N2O3/c18-12-8-4-1-2-5-9(8)13(19)14-11(12)17-10-6-3-7-16-15(10)20-14/h1-7,17H. The highest BCUT2D eigenvalue weighted by Crippen LogP contribution is 2.10. The SMILES string of the molecule is O=c1c2[nH]c3cccnc3oc=2c(=O)c2ccccc12. The Morgan fingerprint density at radius 3 is 2.50 bits per heavy atom. The van der Waals surface area contributed by atoms with Crippen molar-refractivity contribution in [2.24, 2.45) is 0 Å². The van der Waals surface area contributed by atoms with Crippen LogP contribution in [0, 0.1) is 10.8 Å². The molecule has 1 N–H and O–H groups in total. The van der Waals surface area contributed by atoms with E-state index in [2.05, 4.69) is 9.97 Å². The Morgan fingerprint density at radius 2 is 1.70 bits per heavy atom. The summed E-state index contributed by atoms with van der Waals surface area (Å²) < 4.78 is 5.51. The van der Waals surface area contributed by atoms with Crippen molar-refractivity contribution in [3.8, 4) is 0 Å². The number of aromatic nitrogens is 2. The first kappa shape index (κ1) is 10.9. The van der Waals surface area contributed by atoms with E-state index < -0.39 is 0 Å². The third-order valence-electron chi connectivity index (χ3n) is 3.31. The number of benzene rings is 1. The molecule has 2 aromatic rings. The van der Waals surface area contributed by atoms with Crippen LogP contribution in [-0.4, -0.2) is 9.97 Å². The molecule has 5 heteroatoms. The van der Waals surface area contributed by atoms with Crippen LogP contribution in [0.4, 0.5) is 0 Å². The van der Waals surface area contributed by atoms with Gasteiger partial charge in [-0.3, -0.25) is 9.59 Å². The number of hydrogen-bond donors (Lipinski definition) is 1. The Bertz CT molecular complexity index is 1050. The molecule has 2 heterocycles. The molecule has 1 aromatic heterocycles. The Morgan fingerprint density at radius 1 is 0.950 bits per heavy atom. The van der Waals surface area contributed by atoms with Crippen molar-refractivity contribution in [1.29, 1.82) is 0 Å². The molecule has 0 radical (unpaired) electrons. The average molecular weight is 264 g/mol. The lowest BCUT2D eigenvalue weighted by Gasteiger charge is -2.00. The number of rotatable bonds is 0. The van der Waals surface area contributed by atoms with Crippen molar-refractivity contribution in [3.63, 3.8) is 0 Å². The summed E-state index contributed by atoms with van der Waals surface area (Å²) in [6, 6.07) is 10.2. The lowest BCUT2D eigenvalue weighted by atomic mass is 10.1. The van der Waals surface area contributed by atoms with Gasteiger partial charge in [0.2, 0.25) is 22.0 Å². The van der Waals surface area contributed by atoms with Gasteiger partial charge in [-0.2, -0.15) is 0 Å². The molecule has 0 fully saturated rings. The van der Waals surface area contributed by atoms with Crippen molar-refractivity contribution in [1.82, 2.24) is 9.97 Å². The highest BCUT2D eigenvalue weighted by Gasteiger charge is 2.10. The molecule has 1 aromatic carbocycles. The van der Waals surface area contributed by atoms with E-state index in [1.807, 2.05) is 0 Å². The first-order valence-corrected chi connectivity index (χ1v) is 6.08.